The number of methoxy groups -OCH3 is 1. The zero-order chi connectivity index (χ0) is 24.3. The summed E-state index contributed by atoms with van der Waals surface area (Å²) in [5.74, 6) is 1.99. The summed E-state index contributed by atoms with van der Waals surface area (Å²) >= 11 is 0. The highest BCUT2D eigenvalue weighted by molar-refractivity contribution is 5.92. The smallest absolute Gasteiger partial charge is 0.309 e. The molecule has 0 atom stereocenters. The lowest BCUT2D eigenvalue weighted by Crippen LogP contribution is -2.39. The van der Waals surface area contributed by atoms with Gasteiger partial charge in [-0.2, -0.15) is 0 Å². The van der Waals surface area contributed by atoms with Gasteiger partial charge in [-0.1, -0.05) is 13.0 Å². The summed E-state index contributed by atoms with van der Waals surface area (Å²) in [7, 11) is 1.62. The predicted molar refractivity (Wildman–Crippen MR) is 133 cm³/mol. The molecule has 0 radical (unpaired) electrons. The monoisotopic (exact) mass is 472 g/mol. The molecular formula is C27H40N2O5. The van der Waals surface area contributed by atoms with Crippen molar-refractivity contribution in [1.29, 1.82) is 0 Å². The van der Waals surface area contributed by atoms with Gasteiger partial charge in [0.15, 0.2) is 11.5 Å². The van der Waals surface area contributed by atoms with Crippen LogP contribution in [0, 0.1) is 11.8 Å². The van der Waals surface area contributed by atoms with Crippen LogP contribution < -0.4 is 14.8 Å². The Bertz CT molecular complexity index is 824. The Hall–Kier alpha value is -2.54. The third kappa shape index (κ3) is 8.05. The minimum atomic E-state index is -0.0709. The average Bonchev–Trinajstić information content (AvgIpc) is 2.85. The van der Waals surface area contributed by atoms with Crippen LogP contribution in [0.3, 0.4) is 0 Å². The van der Waals surface area contributed by atoms with E-state index in [0.29, 0.717) is 24.7 Å². The van der Waals surface area contributed by atoms with Gasteiger partial charge in [0.1, 0.15) is 6.61 Å². The van der Waals surface area contributed by atoms with E-state index >= 15 is 0 Å². The topological polar surface area (TPSA) is 77.1 Å². The molecule has 188 valence electrons. The fraction of sp³-hybridized carbons (Fsp3) is 0.630. The molecule has 1 N–H and O–H groups in total. The Morgan fingerprint density at radius 3 is 2.50 bits per heavy atom. The molecule has 0 spiro atoms. The van der Waals surface area contributed by atoms with E-state index < -0.39 is 0 Å². The van der Waals surface area contributed by atoms with Gasteiger partial charge >= 0.3 is 5.97 Å². The highest BCUT2D eigenvalue weighted by atomic mass is 16.5. The van der Waals surface area contributed by atoms with Gasteiger partial charge in [-0.05, 0) is 88.2 Å². The molecule has 1 aliphatic heterocycles. The Kier molecular flexibility index (Phi) is 10.3. The van der Waals surface area contributed by atoms with E-state index in [9.17, 15) is 9.59 Å². The zero-order valence-corrected chi connectivity index (χ0v) is 20.9. The van der Waals surface area contributed by atoms with Crippen LogP contribution in [0.1, 0.15) is 57.9 Å². The SMILES string of the molecule is CCOC(=O)C1CCN(CCOc2ccc(C=CC(=O)N[C@H]3CC[C@H](C)CC3)cc2OC)CC1. The number of rotatable bonds is 10. The molecule has 2 aliphatic rings. The number of benzene rings is 1. The van der Waals surface area contributed by atoms with Gasteiger partial charge in [0.25, 0.3) is 0 Å². The van der Waals surface area contributed by atoms with E-state index in [1.807, 2.05) is 25.1 Å². The van der Waals surface area contributed by atoms with Crippen molar-refractivity contribution in [1.82, 2.24) is 10.2 Å². The van der Waals surface area contributed by atoms with Crippen molar-refractivity contribution in [3.05, 3.63) is 29.8 Å². The number of hydrogen-bond donors (Lipinski definition) is 1. The minimum absolute atomic E-state index is 0.0197. The van der Waals surface area contributed by atoms with Crippen molar-refractivity contribution in [2.45, 2.75) is 58.4 Å². The third-order valence-corrected chi connectivity index (χ3v) is 6.85. The number of likely N-dealkylation sites (tertiary alicyclic amines) is 1. The Balaban J connectivity index is 1.42. The third-order valence-electron chi connectivity index (χ3n) is 6.85. The quantitative estimate of drug-likeness (QED) is 0.409. The van der Waals surface area contributed by atoms with Gasteiger partial charge in [0, 0.05) is 18.7 Å². The summed E-state index contributed by atoms with van der Waals surface area (Å²) in [6.07, 6.45) is 9.54. The number of piperidine rings is 1. The second-order valence-corrected chi connectivity index (χ2v) is 9.43. The molecule has 0 aromatic heterocycles. The average molecular weight is 473 g/mol. The maximum atomic E-state index is 12.3. The van der Waals surface area contributed by atoms with Gasteiger partial charge in [-0.25, -0.2) is 0 Å². The molecule has 2 fully saturated rings. The van der Waals surface area contributed by atoms with Crippen molar-refractivity contribution >= 4 is 18.0 Å². The van der Waals surface area contributed by atoms with Crippen molar-refractivity contribution in [2.75, 3.05) is 40.0 Å². The molecule has 7 nitrogen and oxygen atoms in total. The summed E-state index contributed by atoms with van der Waals surface area (Å²) in [4.78, 5) is 26.5. The number of ether oxygens (including phenoxy) is 3. The van der Waals surface area contributed by atoms with Crippen LogP contribution in [0.15, 0.2) is 24.3 Å². The summed E-state index contributed by atoms with van der Waals surface area (Å²) < 4.78 is 16.6. The molecule has 1 aliphatic carbocycles. The molecule has 3 rings (SSSR count). The Morgan fingerprint density at radius 2 is 1.82 bits per heavy atom. The minimum Gasteiger partial charge on any atom is -0.493 e. The standard InChI is InChI=1S/C27H40N2O5/c1-4-33-27(31)22-13-15-29(16-14-22)17-18-34-24-11-7-21(19-25(24)32-3)8-12-26(30)28-23-9-5-20(2)6-10-23/h7-8,11-12,19-20,22-23H,4-6,9-10,13-18H2,1-3H3,(H,28,30)/t20-,23-. The van der Waals surface area contributed by atoms with E-state index in [1.54, 1.807) is 19.3 Å². The molecule has 34 heavy (non-hydrogen) atoms. The molecule has 1 saturated carbocycles. The number of nitrogens with zero attached hydrogens (tertiary/aromatic N) is 1. The van der Waals surface area contributed by atoms with Crippen LogP contribution in [-0.4, -0.2) is 62.8 Å². The van der Waals surface area contributed by atoms with E-state index in [1.165, 1.54) is 12.8 Å². The van der Waals surface area contributed by atoms with Gasteiger partial charge in [-0.15, -0.1) is 0 Å². The second-order valence-electron chi connectivity index (χ2n) is 9.43. The zero-order valence-electron chi connectivity index (χ0n) is 20.9. The van der Waals surface area contributed by atoms with Crippen LogP contribution in [-0.2, 0) is 14.3 Å². The van der Waals surface area contributed by atoms with Gasteiger partial charge in [-0.3, -0.25) is 14.5 Å². The number of nitrogens with one attached hydrogen (secondary N) is 1. The lowest BCUT2D eigenvalue weighted by Gasteiger charge is -2.30. The van der Waals surface area contributed by atoms with Gasteiger partial charge in [0.2, 0.25) is 5.91 Å². The summed E-state index contributed by atoms with van der Waals surface area (Å²) in [6, 6.07) is 5.97. The van der Waals surface area contributed by atoms with Crippen molar-refractivity contribution in [2.24, 2.45) is 11.8 Å². The highest BCUT2D eigenvalue weighted by Gasteiger charge is 2.25. The first-order chi connectivity index (χ1) is 16.5. The molecule has 7 heteroatoms. The largest absolute Gasteiger partial charge is 0.493 e. The summed E-state index contributed by atoms with van der Waals surface area (Å²) in [5.41, 5.74) is 0.887. The molecule has 0 unspecified atom stereocenters. The molecule has 0 bridgehead atoms. The summed E-state index contributed by atoms with van der Waals surface area (Å²) in [6.45, 7) is 7.63. The Labute approximate surface area is 203 Å². The fourth-order valence-corrected chi connectivity index (χ4v) is 4.67. The number of carbonyl (C=O) groups is 2. The number of hydrogen-bond acceptors (Lipinski definition) is 6. The first-order valence-electron chi connectivity index (χ1n) is 12.7. The van der Waals surface area contributed by atoms with E-state index in [-0.39, 0.29) is 23.8 Å². The molecule has 1 heterocycles. The molecule has 1 amide bonds. The molecule has 1 aromatic carbocycles. The normalized spacial score (nSPS) is 21.9. The van der Waals surface area contributed by atoms with Crippen molar-refractivity contribution < 1.29 is 23.8 Å². The lowest BCUT2D eigenvalue weighted by atomic mass is 9.87. The lowest BCUT2D eigenvalue weighted by molar-refractivity contribution is -0.149. The maximum absolute atomic E-state index is 12.3. The van der Waals surface area contributed by atoms with Crippen LogP contribution in [0.25, 0.3) is 6.08 Å². The van der Waals surface area contributed by atoms with Crippen LogP contribution in [0.2, 0.25) is 0 Å². The Morgan fingerprint density at radius 1 is 1.09 bits per heavy atom. The second kappa shape index (κ2) is 13.4. The first kappa shape index (κ1) is 26.1. The number of amides is 1. The van der Waals surface area contributed by atoms with E-state index in [2.05, 4.69) is 17.1 Å². The maximum Gasteiger partial charge on any atom is 0.309 e. The predicted octanol–water partition coefficient (Wildman–Crippen LogP) is 4.06. The van der Waals surface area contributed by atoms with Crippen LogP contribution in [0.4, 0.5) is 0 Å². The van der Waals surface area contributed by atoms with Gasteiger partial charge < -0.3 is 19.5 Å². The van der Waals surface area contributed by atoms with Crippen LogP contribution >= 0.6 is 0 Å². The van der Waals surface area contributed by atoms with Gasteiger partial charge in [0.05, 0.1) is 19.6 Å². The summed E-state index contributed by atoms with van der Waals surface area (Å²) in [5, 5.41) is 3.11. The number of carbonyl (C=O) groups excluding carboxylic acids is 2. The van der Waals surface area contributed by atoms with Crippen molar-refractivity contribution in [3.8, 4) is 11.5 Å². The van der Waals surface area contributed by atoms with Crippen LogP contribution in [0.5, 0.6) is 11.5 Å². The molecule has 1 saturated heterocycles. The first-order valence-corrected chi connectivity index (χ1v) is 12.7. The fourth-order valence-electron chi connectivity index (χ4n) is 4.67. The van der Waals surface area contributed by atoms with E-state index in [0.717, 1.165) is 56.8 Å². The van der Waals surface area contributed by atoms with Crippen molar-refractivity contribution in [3.63, 3.8) is 0 Å². The number of esters is 1. The highest BCUT2D eigenvalue weighted by Crippen LogP contribution is 2.29. The van der Waals surface area contributed by atoms with E-state index in [4.69, 9.17) is 14.2 Å². The molecule has 1 aromatic rings. The molecular weight excluding hydrogens is 432 g/mol.